The number of nitrogens with zero attached hydrogens (tertiary/aromatic N) is 2. The Hall–Kier alpha value is -1.84. The van der Waals surface area contributed by atoms with E-state index in [-0.39, 0.29) is 0 Å². The standard InChI is InChI=1S/C17H20N2O2/c1-10(11-3-2-4-11)19-15-8-7-13(17(20)21)9-14(15)18-16(19)12-5-6-12/h7-12H,2-6H2,1H3,(H,20,21). The van der Waals surface area contributed by atoms with Gasteiger partial charge in [0.15, 0.2) is 0 Å². The zero-order chi connectivity index (χ0) is 14.6. The summed E-state index contributed by atoms with van der Waals surface area (Å²) in [5, 5.41) is 9.15. The first kappa shape index (κ1) is 12.9. The maximum atomic E-state index is 11.1. The van der Waals surface area contributed by atoms with Crippen LogP contribution in [-0.4, -0.2) is 20.6 Å². The second-order valence-electron chi connectivity index (χ2n) is 6.55. The summed E-state index contributed by atoms with van der Waals surface area (Å²) in [6.45, 7) is 2.29. The Morgan fingerprint density at radius 3 is 2.67 bits per heavy atom. The Bertz CT molecular complexity index is 711. The van der Waals surface area contributed by atoms with Gasteiger partial charge in [0, 0.05) is 12.0 Å². The van der Waals surface area contributed by atoms with E-state index in [0.29, 0.717) is 17.5 Å². The van der Waals surface area contributed by atoms with E-state index < -0.39 is 5.97 Å². The van der Waals surface area contributed by atoms with E-state index in [1.807, 2.05) is 6.07 Å². The Balaban J connectivity index is 1.85. The van der Waals surface area contributed by atoms with Crippen molar-refractivity contribution in [1.82, 2.24) is 9.55 Å². The number of benzene rings is 1. The third kappa shape index (κ3) is 2.04. The molecule has 0 saturated heterocycles. The molecule has 2 aliphatic carbocycles. The molecule has 0 spiro atoms. The van der Waals surface area contributed by atoms with Crippen molar-refractivity contribution >= 4 is 17.0 Å². The molecule has 1 N–H and O–H groups in total. The van der Waals surface area contributed by atoms with E-state index >= 15 is 0 Å². The third-order valence-corrected chi connectivity index (χ3v) is 5.15. The molecule has 0 aliphatic heterocycles. The number of hydrogen-bond acceptors (Lipinski definition) is 2. The third-order valence-electron chi connectivity index (χ3n) is 5.15. The summed E-state index contributed by atoms with van der Waals surface area (Å²) in [7, 11) is 0. The van der Waals surface area contributed by atoms with Crippen LogP contribution in [0.25, 0.3) is 11.0 Å². The molecule has 2 saturated carbocycles. The molecule has 1 aromatic heterocycles. The fourth-order valence-corrected chi connectivity index (χ4v) is 3.44. The summed E-state index contributed by atoms with van der Waals surface area (Å²) >= 11 is 0. The number of carboxylic acid groups (broad SMARTS) is 1. The Labute approximate surface area is 123 Å². The van der Waals surface area contributed by atoms with Crippen molar-refractivity contribution in [2.45, 2.75) is 51.0 Å². The van der Waals surface area contributed by atoms with Crippen molar-refractivity contribution in [1.29, 1.82) is 0 Å². The van der Waals surface area contributed by atoms with Gasteiger partial charge in [-0.3, -0.25) is 0 Å². The molecular formula is C17H20N2O2. The number of imidazole rings is 1. The van der Waals surface area contributed by atoms with Gasteiger partial charge in [0.1, 0.15) is 5.82 Å². The second kappa shape index (κ2) is 4.58. The van der Waals surface area contributed by atoms with Gasteiger partial charge in [0.2, 0.25) is 0 Å². The van der Waals surface area contributed by atoms with Gasteiger partial charge in [-0.25, -0.2) is 9.78 Å². The molecule has 0 bridgehead atoms. The molecule has 2 aromatic rings. The number of rotatable bonds is 4. The Kier molecular flexibility index (Phi) is 2.81. The minimum absolute atomic E-state index is 0.325. The molecule has 21 heavy (non-hydrogen) atoms. The molecule has 4 rings (SSSR count). The lowest BCUT2D eigenvalue weighted by Crippen LogP contribution is -2.24. The van der Waals surface area contributed by atoms with Gasteiger partial charge < -0.3 is 9.67 Å². The fraction of sp³-hybridized carbons (Fsp3) is 0.529. The summed E-state index contributed by atoms with van der Waals surface area (Å²) in [6.07, 6.45) is 6.37. The molecule has 4 heteroatoms. The highest BCUT2D eigenvalue weighted by atomic mass is 16.4. The number of aromatic carboxylic acids is 1. The van der Waals surface area contributed by atoms with Gasteiger partial charge in [0.25, 0.3) is 0 Å². The SMILES string of the molecule is CC(C1CCC1)n1c(C2CC2)nc2cc(C(=O)O)ccc21. The first-order valence-electron chi connectivity index (χ1n) is 7.90. The second-order valence-corrected chi connectivity index (χ2v) is 6.55. The molecule has 0 radical (unpaired) electrons. The van der Waals surface area contributed by atoms with Crippen molar-refractivity contribution in [3.05, 3.63) is 29.6 Å². The van der Waals surface area contributed by atoms with Crippen LogP contribution in [-0.2, 0) is 0 Å². The lowest BCUT2D eigenvalue weighted by molar-refractivity contribution is 0.0697. The summed E-state index contributed by atoms with van der Waals surface area (Å²) in [5.41, 5.74) is 2.26. The highest BCUT2D eigenvalue weighted by Crippen LogP contribution is 2.45. The minimum Gasteiger partial charge on any atom is -0.478 e. The minimum atomic E-state index is -0.883. The first-order valence-corrected chi connectivity index (χ1v) is 7.90. The van der Waals surface area contributed by atoms with Crippen molar-refractivity contribution < 1.29 is 9.90 Å². The molecule has 1 atom stereocenters. The fourth-order valence-electron chi connectivity index (χ4n) is 3.44. The molecule has 1 aromatic carbocycles. The number of hydrogen-bond donors (Lipinski definition) is 1. The van der Waals surface area contributed by atoms with E-state index in [1.165, 1.54) is 37.9 Å². The van der Waals surface area contributed by atoms with Gasteiger partial charge >= 0.3 is 5.97 Å². The lowest BCUT2D eigenvalue weighted by atomic mass is 9.80. The summed E-state index contributed by atoms with van der Waals surface area (Å²) < 4.78 is 2.39. The topological polar surface area (TPSA) is 55.1 Å². The average molecular weight is 284 g/mol. The maximum Gasteiger partial charge on any atom is 0.335 e. The van der Waals surface area contributed by atoms with Crippen LogP contribution in [0.15, 0.2) is 18.2 Å². The van der Waals surface area contributed by atoms with Crippen LogP contribution in [0.3, 0.4) is 0 Å². The van der Waals surface area contributed by atoms with Gasteiger partial charge in [-0.15, -0.1) is 0 Å². The van der Waals surface area contributed by atoms with Crippen molar-refractivity contribution in [3.8, 4) is 0 Å². The van der Waals surface area contributed by atoms with E-state index in [9.17, 15) is 4.79 Å². The molecule has 110 valence electrons. The van der Waals surface area contributed by atoms with Gasteiger partial charge in [-0.05, 0) is 56.7 Å². The van der Waals surface area contributed by atoms with Crippen LogP contribution in [0, 0.1) is 5.92 Å². The van der Waals surface area contributed by atoms with Gasteiger partial charge in [-0.1, -0.05) is 6.42 Å². The first-order chi connectivity index (χ1) is 10.1. The van der Waals surface area contributed by atoms with Crippen LogP contribution < -0.4 is 0 Å². The zero-order valence-corrected chi connectivity index (χ0v) is 12.2. The Morgan fingerprint density at radius 2 is 2.10 bits per heavy atom. The van der Waals surface area contributed by atoms with Crippen molar-refractivity contribution in [2.24, 2.45) is 5.92 Å². The van der Waals surface area contributed by atoms with Gasteiger partial charge in [-0.2, -0.15) is 0 Å². The number of carboxylic acids is 1. The maximum absolute atomic E-state index is 11.1. The molecule has 0 amide bonds. The predicted molar refractivity (Wildman–Crippen MR) is 80.7 cm³/mol. The van der Waals surface area contributed by atoms with Crippen molar-refractivity contribution in [3.63, 3.8) is 0 Å². The summed E-state index contributed by atoms with van der Waals surface area (Å²) in [5.74, 6) is 1.62. The molecule has 2 aliphatic rings. The van der Waals surface area contributed by atoms with Crippen LogP contribution in [0.1, 0.15) is 67.2 Å². The normalized spacial score (nSPS) is 20.4. The van der Waals surface area contributed by atoms with Crippen LogP contribution in [0.2, 0.25) is 0 Å². The van der Waals surface area contributed by atoms with E-state index in [2.05, 4.69) is 11.5 Å². The monoisotopic (exact) mass is 284 g/mol. The van der Waals surface area contributed by atoms with Crippen LogP contribution in [0.5, 0.6) is 0 Å². The van der Waals surface area contributed by atoms with Crippen molar-refractivity contribution in [2.75, 3.05) is 0 Å². The molecule has 1 heterocycles. The summed E-state index contributed by atoms with van der Waals surface area (Å²) in [6, 6.07) is 5.82. The van der Waals surface area contributed by atoms with E-state index in [0.717, 1.165) is 17.0 Å². The molecule has 4 nitrogen and oxygen atoms in total. The number of aromatic nitrogens is 2. The molecule has 1 unspecified atom stereocenters. The predicted octanol–water partition coefficient (Wildman–Crippen LogP) is 3.97. The molecular weight excluding hydrogens is 264 g/mol. The zero-order valence-electron chi connectivity index (χ0n) is 12.2. The number of carbonyl (C=O) groups is 1. The van der Waals surface area contributed by atoms with Crippen LogP contribution in [0.4, 0.5) is 0 Å². The van der Waals surface area contributed by atoms with E-state index in [4.69, 9.17) is 10.1 Å². The van der Waals surface area contributed by atoms with Crippen LogP contribution >= 0.6 is 0 Å². The molecule has 2 fully saturated rings. The quantitative estimate of drug-likeness (QED) is 0.924. The lowest BCUT2D eigenvalue weighted by Gasteiger charge is -2.33. The largest absolute Gasteiger partial charge is 0.478 e. The number of fused-ring (bicyclic) bond motifs is 1. The Morgan fingerprint density at radius 1 is 1.33 bits per heavy atom. The average Bonchev–Trinajstić information content (AvgIpc) is 3.16. The van der Waals surface area contributed by atoms with Gasteiger partial charge in [0.05, 0.1) is 16.6 Å². The smallest absolute Gasteiger partial charge is 0.335 e. The van der Waals surface area contributed by atoms with E-state index in [1.54, 1.807) is 12.1 Å². The summed E-state index contributed by atoms with van der Waals surface area (Å²) in [4.78, 5) is 15.9. The highest BCUT2D eigenvalue weighted by molar-refractivity contribution is 5.92. The highest BCUT2D eigenvalue weighted by Gasteiger charge is 2.34.